The maximum absolute atomic E-state index is 11.0. The van der Waals surface area contributed by atoms with E-state index < -0.39 is 10.0 Å². The first kappa shape index (κ1) is 8.30. The molecule has 1 heterocycles. The molecule has 1 saturated heterocycles. The lowest BCUT2D eigenvalue weighted by atomic mass is 10.5. The average Bonchev–Trinajstić information content (AvgIpc) is 2.13. The monoisotopic (exact) mass is 183 g/mol. The fourth-order valence-electron chi connectivity index (χ4n) is 1.04. The van der Waals surface area contributed by atoms with Crippen molar-refractivity contribution >= 4 is 21.6 Å². The van der Waals surface area contributed by atoms with Crippen molar-refractivity contribution in [2.75, 3.05) is 24.7 Å². The highest BCUT2D eigenvalue weighted by Gasteiger charge is 2.26. The van der Waals surface area contributed by atoms with Crippen LogP contribution in [0, 0.1) is 0 Å². The summed E-state index contributed by atoms with van der Waals surface area (Å²) in [6, 6.07) is 0. The zero-order valence-electron chi connectivity index (χ0n) is 5.59. The first-order valence-electron chi connectivity index (χ1n) is 3.20. The number of hydrogen-bond acceptors (Lipinski definition) is 2. The van der Waals surface area contributed by atoms with Gasteiger partial charge in [-0.15, -0.1) is 11.6 Å². The highest BCUT2D eigenvalue weighted by molar-refractivity contribution is 7.89. The van der Waals surface area contributed by atoms with Crippen molar-refractivity contribution in [1.29, 1.82) is 0 Å². The van der Waals surface area contributed by atoms with Gasteiger partial charge >= 0.3 is 0 Å². The molecule has 0 aliphatic carbocycles. The van der Waals surface area contributed by atoms with E-state index in [9.17, 15) is 8.42 Å². The van der Waals surface area contributed by atoms with Crippen LogP contribution in [0.25, 0.3) is 0 Å². The molecule has 10 heavy (non-hydrogen) atoms. The SMILES string of the molecule is O=S1(=O)CCCN1CCCl. The first-order chi connectivity index (χ1) is 4.67. The van der Waals surface area contributed by atoms with Crippen molar-refractivity contribution in [2.45, 2.75) is 6.42 Å². The van der Waals surface area contributed by atoms with Gasteiger partial charge in [0.05, 0.1) is 5.75 Å². The van der Waals surface area contributed by atoms with Crippen LogP contribution >= 0.6 is 11.6 Å². The molecule has 0 saturated carbocycles. The summed E-state index contributed by atoms with van der Waals surface area (Å²) < 4.78 is 23.5. The minimum Gasteiger partial charge on any atom is -0.212 e. The Morgan fingerprint density at radius 3 is 2.60 bits per heavy atom. The molecular weight excluding hydrogens is 174 g/mol. The van der Waals surface area contributed by atoms with Crippen LogP contribution < -0.4 is 0 Å². The Balaban J connectivity index is 2.60. The fourth-order valence-corrected chi connectivity index (χ4v) is 2.87. The molecule has 0 N–H and O–H groups in total. The van der Waals surface area contributed by atoms with E-state index in [1.807, 2.05) is 0 Å². The van der Waals surface area contributed by atoms with E-state index in [0.717, 1.165) is 6.42 Å². The summed E-state index contributed by atoms with van der Waals surface area (Å²) in [6.45, 7) is 1.11. The maximum Gasteiger partial charge on any atom is 0.214 e. The number of halogens is 1. The summed E-state index contributed by atoms with van der Waals surface area (Å²) >= 11 is 5.40. The molecule has 3 nitrogen and oxygen atoms in total. The van der Waals surface area contributed by atoms with Gasteiger partial charge in [0.1, 0.15) is 0 Å². The number of hydrogen-bond donors (Lipinski definition) is 0. The summed E-state index contributed by atoms with van der Waals surface area (Å²) in [5.74, 6) is 0.684. The van der Waals surface area contributed by atoms with Gasteiger partial charge in [-0.2, -0.15) is 0 Å². The molecule has 1 rings (SSSR count). The predicted molar refractivity (Wildman–Crippen MR) is 40.7 cm³/mol. The van der Waals surface area contributed by atoms with Gasteiger partial charge in [0.15, 0.2) is 0 Å². The average molecular weight is 184 g/mol. The molecule has 0 aromatic rings. The Morgan fingerprint density at radius 1 is 1.50 bits per heavy atom. The summed E-state index contributed by atoms with van der Waals surface area (Å²) in [6.07, 6.45) is 0.749. The van der Waals surface area contributed by atoms with Crippen LogP contribution in [0.2, 0.25) is 0 Å². The molecule has 1 fully saturated rings. The lowest BCUT2D eigenvalue weighted by Gasteiger charge is -2.10. The summed E-state index contributed by atoms with van der Waals surface area (Å²) in [7, 11) is -2.90. The van der Waals surface area contributed by atoms with Crippen LogP contribution in [0.1, 0.15) is 6.42 Å². The van der Waals surface area contributed by atoms with Gasteiger partial charge in [0.2, 0.25) is 10.0 Å². The lowest BCUT2D eigenvalue weighted by Crippen LogP contribution is -2.27. The molecule has 0 unspecified atom stereocenters. The van der Waals surface area contributed by atoms with Crippen molar-refractivity contribution < 1.29 is 8.42 Å². The van der Waals surface area contributed by atoms with Crippen LogP contribution in [0.5, 0.6) is 0 Å². The molecule has 0 bridgehead atoms. The quantitative estimate of drug-likeness (QED) is 0.576. The Labute approximate surface area is 66.0 Å². The number of alkyl halides is 1. The Bertz CT molecular complexity index is 202. The molecule has 0 spiro atoms. The van der Waals surface area contributed by atoms with E-state index in [-0.39, 0.29) is 0 Å². The third-order valence-corrected chi connectivity index (χ3v) is 3.66. The molecule has 0 aromatic heterocycles. The van der Waals surface area contributed by atoms with Gasteiger partial charge in [-0.05, 0) is 6.42 Å². The van der Waals surface area contributed by atoms with Crippen LogP contribution in [-0.2, 0) is 10.0 Å². The highest BCUT2D eigenvalue weighted by atomic mass is 35.5. The number of sulfonamides is 1. The minimum atomic E-state index is -2.90. The first-order valence-corrected chi connectivity index (χ1v) is 5.35. The molecule has 1 aliphatic rings. The molecule has 0 aromatic carbocycles. The summed E-state index contributed by atoms with van der Waals surface area (Å²) in [4.78, 5) is 0. The zero-order chi connectivity index (χ0) is 7.61. The minimum absolute atomic E-state index is 0.296. The van der Waals surface area contributed by atoms with E-state index in [4.69, 9.17) is 11.6 Å². The lowest BCUT2D eigenvalue weighted by molar-refractivity contribution is 0.464. The second-order valence-electron chi connectivity index (χ2n) is 2.26. The molecule has 0 atom stereocenters. The topological polar surface area (TPSA) is 37.4 Å². The third kappa shape index (κ3) is 1.62. The Hall–Kier alpha value is 0.200. The van der Waals surface area contributed by atoms with Gasteiger partial charge in [-0.3, -0.25) is 0 Å². The predicted octanol–water partition coefficient (Wildman–Crippen LogP) is 0.261. The standard InChI is InChI=1S/C5H10ClNO2S/c6-2-4-7-3-1-5-10(7,8)9/h1-5H2. The Kier molecular flexibility index (Phi) is 2.55. The van der Waals surface area contributed by atoms with Crippen molar-refractivity contribution in [3.63, 3.8) is 0 Å². The second kappa shape index (κ2) is 3.07. The zero-order valence-corrected chi connectivity index (χ0v) is 7.16. The highest BCUT2D eigenvalue weighted by Crippen LogP contribution is 2.12. The maximum atomic E-state index is 11.0. The van der Waals surface area contributed by atoms with Crippen LogP contribution in [0.3, 0.4) is 0 Å². The van der Waals surface area contributed by atoms with Crippen molar-refractivity contribution in [2.24, 2.45) is 0 Å². The molecule has 60 valence electrons. The number of nitrogens with zero attached hydrogens (tertiary/aromatic N) is 1. The van der Waals surface area contributed by atoms with Crippen LogP contribution in [0.15, 0.2) is 0 Å². The van der Waals surface area contributed by atoms with Gasteiger partial charge in [-0.1, -0.05) is 0 Å². The van der Waals surface area contributed by atoms with E-state index in [0.29, 0.717) is 24.7 Å². The number of rotatable bonds is 2. The normalized spacial score (nSPS) is 25.3. The van der Waals surface area contributed by atoms with E-state index >= 15 is 0 Å². The van der Waals surface area contributed by atoms with Gasteiger partial charge in [0.25, 0.3) is 0 Å². The van der Waals surface area contributed by atoms with Gasteiger partial charge < -0.3 is 0 Å². The Morgan fingerprint density at radius 2 is 2.20 bits per heavy atom. The van der Waals surface area contributed by atoms with Gasteiger partial charge in [0, 0.05) is 19.0 Å². The van der Waals surface area contributed by atoms with E-state index in [1.54, 1.807) is 0 Å². The van der Waals surface area contributed by atoms with E-state index in [2.05, 4.69) is 0 Å². The van der Waals surface area contributed by atoms with Crippen LogP contribution in [0.4, 0.5) is 0 Å². The van der Waals surface area contributed by atoms with Crippen molar-refractivity contribution in [3.05, 3.63) is 0 Å². The summed E-state index contributed by atoms with van der Waals surface area (Å²) in [5, 5.41) is 0. The molecule has 0 amide bonds. The third-order valence-electron chi connectivity index (χ3n) is 1.54. The molecule has 5 heteroatoms. The second-order valence-corrected chi connectivity index (χ2v) is 4.72. The molecular formula is C5H10ClNO2S. The molecule has 0 radical (unpaired) electrons. The largest absolute Gasteiger partial charge is 0.214 e. The van der Waals surface area contributed by atoms with Crippen molar-refractivity contribution in [1.82, 2.24) is 4.31 Å². The van der Waals surface area contributed by atoms with Crippen LogP contribution in [-0.4, -0.2) is 37.4 Å². The molecule has 1 aliphatic heterocycles. The van der Waals surface area contributed by atoms with E-state index in [1.165, 1.54) is 4.31 Å². The smallest absolute Gasteiger partial charge is 0.212 e. The summed E-state index contributed by atoms with van der Waals surface area (Å²) in [5.41, 5.74) is 0. The van der Waals surface area contributed by atoms with Crippen molar-refractivity contribution in [3.8, 4) is 0 Å². The van der Waals surface area contributed by atoms with Gasteiger partial charge in [-0.25, -0.2) is 12.7 Å². The fraction of sp³-hybridized carbons (Fsp3) is 1.00.